The van der Waals surface area contributed by atoms with Gasteiger partial charge in [-0.3, -0.25) is 4.79 Å². The van der Waals surface area contributed by atoms with Gasteiger partial charge in [0.05, 0.1) is 12.0 Å². The van der Waals surface area contributed by atoms with Gasteiger partial charge in [-0.1, -0.05) is 32.0 Å². The Hall–Kier alpha value is -1.90. The van der Waals surface area contributed by atoms with Gasteiger partial charge in [0.2, 0.25) is 0 Å². The molecule has 1 aromatic heterocycles. The van der Waals surface area contributed by atoms with E-state index in [1.807, 2.05) is 12.1 Å². The first-order chi connectivity index (χ1) is 12.2. The first-order valence-corrected chi connectivity index (χ1v) is 10.7. The fraction of sp³-hybridized carbons (Fsp3) is 0.389. The molecule has 0 fully saturated rings. The Kier molecular flexibility index (Phi) is 5.09. The lowest BCUT2D eigenvalue weighted by Gasteiger charge is -2.30. The maximum atomic E-state index is 12.9. The Bertz CT molecular complexity index is 948. The first-order valence-electron chi connectivity index (χ1n) is 8.33. The number of ether oxygens (including phenoxy) is 1. The smallest absolute Gasteiger partial charge is 0.264 e. The maximum Gasteiger partial charge on any atom is 0.264 e. The van der Waals surface area contributed by atoms with E-state index < -0.39 is 10.0 Å². The van der Waals surface area contributed by atoms with Crippen molar-refractivity contribution in [3.05, 3.63) is 45.8 Å². The minimum absolute atomic E-state index is 0.111. The molecule has 1 aliphatic rings. The maximum absolute atomic E-state index is 12.9. The van der Waals surface area contributed by atoms with Crippen LogP contribution in [0.1, 0.15) is 46.1 Å². The molecular formula is C18H22N2O4S2. The Labute approximate surface area is 157 Å². The number of primary sulfonamides is 1. The van der Waals surface area contributed by atoms with Crippen molar-refractivity contribution in [1.29, 1.82) is 0 Å². The highest BCUT2D eigenvalue weighted by molar-refractivity contribution is 7.91. The molecular weight excluding hydrogens is 372 g/mol. The number of hydrogen-bond donors (Lipinski definition) is 1. The summed E-state index contributed by atoms with van der Waals surface area (Å²) in [5.74, 6) is 0.343. The SMILES string of the molecule is COc1cc(C(=O)N2CCc3c(cccc3C(C)C)C2)sc1S(N)(=O)=O. The number of methoxy groups -OCH3 is 1. The van der Waals surface area contributed by atoms with E-state index in [-0.39, 0.29) is 15.9 Å². The summed E-state index contributed by atoms with van der Waals surface area (Å²) in [6.45, 7) is 5.44. The summed E-state index contributed by atoms with van der Waals surface area (Å²) in [6.07, 6.45) is 0.792. The van der Waals surface area contributed by atoms with Crippen LogP contribution in [0.5, 0.6) is 5.75 Å². The van der Waals surface area contributed by atoms with Gasteiger partial charge in [-0.2, -0.15) is 0 Å². The van der Waals surface area contributed by atoms with E-state index in [1.165, 1.54) is 24.3 Å². The third-order valence-electron chi connectivity index (χ3n) is 4.57. The van der Waals surface area contributed by atoms with Crippen LogP contribution in [-0.2, 0) is 23.0 Å². The minimum Gasteiger partial charge on any atom is -0.494 e. The van der Waals surface area contributed by atoms with E-state index in [9.17, 15) is 13.2 Å². The van der Waals surface area contributed by atoms with E-state index >= 15 is 0 Å². The van der Waals surface area contributed by atoms with Gasteiger partial charge >= 0.3 is 0 Å². The standard InChI is InChI=1S/C18H22N2O4S2/c1-11(2)13-6-4-5-12-10-20(8-7-14(12)13)17(21)16-9-15(24-3)18(25-16)26(19,22)23/h4-6,9,11H,7-8,10H2,1-3H3,(H2,19,22,23). The normalized spacial score (nSPS) is 14.4. The van der Waals surface area contributed by atoms with E-state index in [1.54, 1.807) is 4.90 Å². The number of sulfonamides is 1. The molecule has 6 nitrogen and oxygen atoms in total. The Morgan fingerprint density at radius 2 is 2.08 bits per heavy atom. The second-order valence-electron chi connectivity index (χ2n) is 6.63. The average Bonchev–Trinajstić information content (AvgIpc) is 3.04. The Morgan fingerprint density at radius 3 is 2.65 bits per heavy atom. The minimum atomic E-state index is -3.93. The van der Waals surface area contributed by atoms with Gasteiger partial charge in [0.25, 0.3) is 15.9 Å². The molecule has 0 atom stereocenters. The van der Waals surface area contributed by atoms with Crippen molar-refractivity contribution in [2.75, 3.05) is 13.7 Å². The van der Waals surface area contributed by atoms with E-state index in [0.29, 0.717) is 23.9 Å². The molecule has 0 aliphatic carbocycles. The van der Waals surface area contributed by atoms with Gasteiger partial charge in [0, 0.05) is 19.2 Å². The zero-order valence-electron chi connectivity index (χ0n) is 15.0. The number of benzene rings is 1. The van der Waals surface area contributed by atoms with E-state index in [4.69, 9.17) is 9.88 Å². The van der Waals surface area contributed by atoms with Gasteiger partial charge in [0.15, 0.2) is 9.96 Å². The molecule has 140 valence electrons. The van der Waals surface area contributed by atoms with Crippen molar-refractivity contribution < 1.29 is 17.9 Å². The van der Waals surface area contributed by atoms with Crippen LogP contribution in [0.25, 0.3) is 0 Å². The number of carbonyl (C=O) groups excluding carboxylic acids is 1. The number of amides is 1. The van der Waals surface area contributed by atoms with Crippen LogP contribution in [0.3, 0.4) is 0 Å². The van der Waals surface area contributed by atoms with Crippen LogP contribution in [0, 0.1) is 0 Å². The Balaban J connectivity index is 1.89. The van der Waals surface area contributed by atoms with Crippen molar-refractivity contribution >= 4 is 27.3 Å². The second kappa shape index (κ2) is 7.02. The molecule has 1 aliphatic heterocycles. The molecule has 0 radical (unpaired) electrons. The van der Waals surface area contributed by atoms with Crippen LogP contribution in [-0.4, -0.2) is 32.9 Å². The van der Waals surface area contributed by atoms with Gasteiger partial charge in [-0.25, -0.2) is 13.6 Å². The highest BCUT2D eigenvalue weighted by atomic mass is 32.2. The number of thiophene rings is 1. The largest absolute Gasteiger partial charge is 0.494 e. The Morgan fingerprint density at radius 1 is 1.35 bits per heavy atom. The fourth-order valence-electron chi connectivity index (χ4n) is 3.31. The zero-order chi connectivity index (χ0) is 19.1. The number of hydrogen-bond acceptors (Lipinski definition) is 5. The van der Waals surface area contributed by atoms with Gasteiger partial charge < -0.3 is 9.64 Å². The molecule has 0 unspecified atom stereocenters. The lowest BCUT2D eigenvalue weighted by atomic mass is 9.89. The summed E-state index contributed by atoms with van der Waals surface area (Å²) < 4.78 is 28.3. The summed E-state index contributed by atoms with van der Waals surface area (Å²) in [5.41, 5.74) is 3.79. The molecule has 1 aromatic carbocycles. The predicted molar refractivity (Wildman–Crippen MR) is 101 cm³/mol. The molecule has 0 saturated heterocycles. The van der Waals surface area contributed by atoms with Crippen molar-refractivity contribution in [2.45, 2.75) is 36.9 Å². The molecule has 2 N–H and O–H groups in total. The molecule has 26 heavy (non-hydrogen) atoms. The van der Waals surface area contributed by atoms with Crippen molar-refractivity contribution in [1.82, 2.24) is 4.90 Å². The average molecular weight is 395 g/mol. The van der Waals surface area contributed by atoms with Gasteiger partial charge in [0.1, 0.15) is 0 Å². The van der Waals surface area contributed by atoms with Crippen LogP contribution in [0.2, 0.25) is 0 Å². The monoisotopic (exact) mass is 394 g/mol. The second-order valence-corrected chi connectivity index (χ2v) is 9.44. The number of rotatable bonds is 4. The third kappa shape index (κ3) is 3.49. The van der Waals surface area contributed by atoms with Crippen molar-refractivity contribution in [2.24, 2.45) is 5.14 Å². The topological polar surface area (TPSA) is 89.7 Å². The van der Waals surface area contributed by atoms with Crippen LogP contribution in [0.15, 0.2) is 28.5 Å². The summed E-state index contributed by atoms with van der Waals surface area (Å²) >= 11 is 0.853. The predicted octanol–water partition coefficient (Wildman–Crippen LogP) is 2.73. The number of nitrogens with two attached hydrogens (primary N) is 1. The summed E-state index contributed by atoms with van der Waals surface area (Å²) in [5, 5.41) is 5.21. The van der Waals surface area contributed by atoms with Gasteiger partial charge in [-0.15, -0.1) is 11.3 Å². The third-order valence-corrected chi connectivity index (χ3v) is 7.13. The molecule has 0 spiro atoms. The summed E-state index contributed by atoms with van der Waals surface area (Å²) in [4.78, 5) is 14.9. The van der Waals surface area contributed by atoms with Crippen molar-refractivity contribution in [3.8, 4) is 5.75 Å². The van der Waals surface area contributed by atoms with Crippen LogP contribution in [0.4, 0.5) is 0 Å². The zero-order valence-corrected chi connectivity index (χ0v) is 16.6. The van der Waals surface area contributed by atoms with Crippen molar-refractivity contribution in [3.63, 3.8) is 0 Å². The number of carbonyl (C=O) groups is 1. The summed E-state index contributed by atoms with van der Waals surface area (Å²) in [6, 6.07) is 7.66. The highest BCUT2D eigenvalue weighted by Crippen LogP contribution is 2.34. The van der Waals surface area contributed by atoms with E-state index in [0.717, 1.165) is 23.3 Å². The molecule has 2 aromatic rings. The van der Waals surface area contributed by atoms with E-state index in [2.05, 4.69) is 19.9 Å². The quantitative estimate of drug-likeness (QED) is 0.863. The lowest BCUT2D eigenvalue weighted by Crippen LogP contribution is -2.36. The van der Waals surface area contributed by atoms with Crippen LogP contribution >= 0.6 is 11.3 Å². The molecule has 3 rings (SSSR count). The molecule has 0 saturated carbocycles. The lowest BCUT2D eigenvalue weighted by molar-refractivity contribution is 0.0739. The van der Waals surface area contributed by atoms with Gasteiger partial charge in [-0.05, 0) is 29.0 Å². The number of nitrogens with zero attached hydrogens (tertiary/aromatic N) is 1. The summed E-state index contributed by atoms with van der Waals surface area (Å²) in [7, 11) is -2.57. The molecule has 0 bridgehead atoms. The fourth-order valence-corrected chi connectivity index (χ4v) is 5.29. The molecule has 8 heteroatoms. The van der Waals surface area contributed by atoms with Crippen LogP contribution < -0.4 is 9.88 Å². The number of fused-ring (bicyclic) bond motifs is 1. The molecule has 2 heterocycles. The first kappa shape index (κ1) is 18.9. The molecule has 1 amide bonds. The highest BCUT2D eigenvalue weighted by Gasteiger charge is 2.28.